The molecule has 0 spiro atoms. The second-order valence-electron chi connectivity index (χ2n) is 5.99. The molecule has 4 rings (SSSR count). The molecule has 5 heteroatoms. The molecular formula is C22H18N2O2S. The normalized spacial score (nSPS) is 10.7. The van der Waals surface area contributed by atoms with E-state index in [1.807, 2.05) is 48.5 Å². The third kappa shape index (κ3) is 3.99. The maximum absolute atomic E-state index is 12.4. The van der Waals surface area contributed by atoms with E-state index in [1.54, 1.807) is 23.6 Å². The fourth-order valence-electron chi connectivity index (χ4n) is 2.85. The van der Waals surface area contributed by atoms with E-state index >= 15 is 0 Å². The van der Waals surface area contributed by atoms with Gasteiger partial charge >= 0.3 is 0 Å². The van der Waals surface area contributed by atoms with Crippen LogP contribution in [0.4, 0.5) is 0 Å². The van der Waals surface area contributed by atoms with Gasteiger partial charge in [-0.25, -0.2) is 0 Å². The quantitative estimate of drug-likeness (QED) is 0.495. The average Bonchev–Trinajstić information content (AvgIpc) is 3.16. The topological polar surface area (TPSA) is 51.2 Å². The molecule has 0 saturated carbocycles. The van der Waals surface area contributed by atoms with E-state index in [0.717, 1.165) is 22.4 Å². The second kappa shape index (κ2) is 8.01. The zero-order valence-electron chi connectivity index (χ0n) is 14.6. The summed E-state index contributed by atoms with van der Waals surface area (Å²) in [6.07, 6.45) is 1.68. The lowest BCUT2D eigenvalue weighted by molar-refractivity contribution is 0.0947. The Bertz CT molecular complexity index is 1060. The molecule has 0 aliphatic rings. The molecule has 0 fully saturated rings. The van der Waals surface area contributed by atoms with E-state index in [2.05, 4.69) is 27.8 Å². The summed E-state index contributed by atoms with van der Waals surface area (Å²) in [7, 11) is 0. The van der Waals surface area contributed by atoms with Crippen molar-refractivity contribution in [2.24, 2.45) is 0 Å². The summed E-state index contributed by atoms with van der Waals surface area (Å²) in [6, 6.07) is 21.3. The Labute approximate surface area is 161 Å². The molecule has 0 bridgehead atoms. The van der Waals surface area contributed by atoms with Gasteiger partial charge in [-0.1, -0.05) is 36.4 Å². The molecule has 4 aromatic rings. The van der Waals surface area contributed by atoms with Crippen LogP contribution in [-0.4, -0.2) is 24.0 Å². The first-order valence-corrected chi connectivity index (χ1v) is 9.58. The number of nitrogens with one attached hydrogen (secondary N) is 1. The number of aromatic nitrogens is 1. The molecule has 1 amide bonds. The molecule has 27 heavy (non-hydrogen) atoms. The Morgan fingerprint density at radius 1 is 1.04 bits per heavy atom. The van der Waals surface area contributed by atoms with E-state index in [0.29, 0.717) is 18.7 Å². The van der Waals surface area contributed by atoms with Gasteiger partial charge in [0.05, 0.1) is 12.2 Å². The Kier molecular flexibility index (Phi) is 5.12. The lowest BCUT2D eigenvalue weighted by Crippen LogP contribution is -2.28. The third-order valence-electron chi connectivity index (χ3n) is 4.18. The van der Waals surface area contributed by atoms with Crippen LogP contribution in [0.3, 0.4) is 0 Å². The molecule has 2 aromatic heterocycles. The van der Waals surface area contributed by atoms with Crippen LogP contribution < -0.4 is 10.1 Å². The van der Waals surface area contributed by atoms with Crippen molar-refractivity contribution < 1.29 is 9.53 Å². The molecule has 2 heterocycles. The van der Waals surface area contributed by atoms with Gasteiger partial charge in [-0.15, -0.1) is 11.3 Å². The number of para-hydroxylation sites is 1. The lowest BCUT2D eigenvalue weighted by atomic mass is 10.1. The monoisotopic (exact) mass is 374 g/mol. The van der Waals surface area contributed by atoms with Crippen molar-refractivity contribution in [3.05, 3.63) is 83.9 Å². The van der Waals surface area contributed by atoms with Crippen molar-refractivity contribution in [3.63, 3.8) is 0 Å². The number of carbonyl (C=O) groups is 1. The number of carbonyl (C=O) groups excluding carboxylic acids is 1. The summed E-state index contributed by atoms with van der Waals surface area (Å²) in [4.78, 5) is 16.9. The van der Waals surface area contributed by atoms with Crippen molar-refractivity contribution >= 4 is 27.3 Å². The van der Waals surface area contributed by atoms with E-state index in [-0.39, 0.29) is 5.91 Å². The summed E-state index contributed by atoms with van der Waals surface area (Å²) in [5.41, 5.74) is 2.45. The smallest absolute Gasteiger partial charge is 0.251 e. The minimum atomic E-state index is -0.130. The fraction of sp³-hybridized carbons (Fsp3) is 0.0909. The Morgan fingerprint density at radius 3 is 2.74 bits per heavy atom. The minimum Gasteiger partial charge on any atom is -0.492 e. The first kappa shape index (κ1) is 17.2. The number of fused-ring (bicyclic) bond motifs is 1. The van der Waals surface area contributed by atoms with E-state index in [9.17, 15) is 4.79 Å². The largest absolute Gasteiger partial charge is 0.492 e. The summed E-state index contributed by atoms with van der Waals surface area (Å²) in [6.45, 7) is 0.857. The zero-order chi connectivity index (χ0) is 18.5. The summed E-state index contributed by atoms with van der Waals surface area (Å²) in [5.74, 6) is 0.664. The molecule has 0 saturated heterocycles. The van der Waals surface area contributed by atoms with E-state index in [1.165, 1.54) is 4.70 Å². The molecule has 0 radical (unpaired) electrons. The number of pyridine rings is 1. The van der Waals surface area contributed by atoms with Gasteiger partial charge in [0.25, 0.3) is 5.91 Å². The molecule has 0 aliphatic heterocycles. The molecule has 0 atom stereocenters. The average molecular weight is 374 g/mol. The molecule has 0 aliphatic carbocycles. The van der Waals surface area contributed by atoms with Gasteiger partial charge in [-0.05, 0) is 30.3 Å². The van der Waals surface area contributed by atoms with Crippen molar-refractivity contribution in [2.45, 2.75) is 0 Å². The molecule has 1 N–H and O–H groups in total. The van der Waals surface area contributed by atoms with Gasteiger partial charge in [0.15, 0.2) is 0 Å². The zero-order valence-corrected chi connectivity index (χ0v) is 15.4. The molecular weight excluding hydrogens is 356 g/mol. The van der Waals surface area contributed by atoms with Crippen LogP contribution in [0.2, 0.25) is 0 Å². The number of rotatable bonds is 6. The van der Waals surface area contributed by atoms with E-state index < -0.39 is 0 Å². The van der Waals surface area contributed by atoms with Crippen molar-refractivity contribution in [3.8, 4) is 17.0 Å². The van der Waals surface area contributed by atoms with Gasteiger partial charge in [-0.2, -0.15) is 0 Å². The van der Waals surface area contributed by atoms with Gasteiger partial charge in [-0.3, -0.25) is 9.78 Å². The fourth-order valence-corrected chi connectivity index (χ4v) is 3.80. The van der Waals surface area contributed by atoms with Gasteiger partial charge in [0.1, 0.15) is 12.4 Å². The molecule has 4 nitrogen and oxygen atoms in total. The summed E-state index contributed by atoms with van der Waals surface area (Å²) >= 11 is 1.68. The number of nitrogens with zero attached hydrogens (tertiary/aromatic N) is 1. The van der Waals surface area contributed by atoms with Crippen molar-refractivity contribution in [1.82, 2.24) is 10.3 Å². The van der Waals surface area contributed by atoms with Crippen LogP contribution in [0, 0.1) is 0 Å². The summed E-state index contributed by atoms with van der Waals surface area (Å²) in [5, 5.41) is 6.13. The number of benzene rings is 2. The van der Waals surface area contributed by atoms with Gasteiger partial charge in [0, 0.05) is 32.8 Å². The van der Waals surface area contributed by atoms with Gasteiger partial charge in [0.2, 0.25) is 0 Å². The second-order valence-corrected chi connectivity index (χ2v) is 6.90. The Morgan fingerprint density at radius 2 is 1.85 bits per heavy atom. The Hall–Kier alpha value is -3.18. The first-order valence-electron chi connectivity index (χ1n) is 8.70. The number of amides is 1. The lowest BCUT2D eigenvalue weighted by Gasteiger charge is -2.08. The van der Waals surface area contributed by atoms with Crippen LogP contribution in [-0.2, 0) is 0 Å². The van der Waals surface area contributed by atoms with Gasteiger partial charge < -0.3 is 10.1 Å². The highest BCUT2D eigenvalue weighted by Crippen LogP contribution is 2.32. The highest BCUT2D eigenvalue weighted by Gasteiger charge is 2.11. The standard InChI is InChI=1S/C22H18N2O2S/c25-22(24-12-13-26-17-6-2-1-3-7-17)16-10-11-23-20(14-16)19-15-27-21-9-5-4-8-18(19)21/h1-11,14-15H,12-13H2,(H,24,25). The summed E-state index contributed by atoms with van der Waals surface area (Å²) < 4.78 is 6.81. The number of hydrogen-bond acceptors (Lipinski definition) is 4. The molecule has 2 aromatic carbocycles. The van der Waals surface area contributed by atoms with Crippen LogP contribution in [0.5, 0.6) is 5.75 Å². The molecule has 0 unspecified atom stereocenters. The maximum atomic E-state index is 12.4. The van der Waals surface area contributed by atoms with Crippen LogP contribution in [0.25, 0.3) is 21.3 Å². The highest BCUT2D eigenvalue weighted by atomic mass is 32.1. The number of thiophene rings is 1. The first-order chi connectivity index (χ1) is 13.3. The van der Waals surface area contributed by atoms with E-state index in [4.69, 9.17) is 4.74 Å². The third-order valence-corrected chi connectivity index (χ3v) is 5.14. The van der Waals surface area contributed by atoms with Crippen LogP contribution >= 0.6 is 11.3 Å². The maximum Gasteiger partial charge on any atom is 0.251 e. The van der Waals surface area contributed by atoms with Crippen molar-refractivity contribution in [2.75, 3.05) is 13.2 Å². The number of ether oxygens (including phenoxy) is 1. The number of hydrogen-bond donors (Lipinski definition) is 1. The van der Waals surface area contributed by atoms with Crippen molar-refractivity contribution in [1.29, 1.82) is 0 Å². The minimum absolute atomic E-state index is 0.130. The predicted octanol–water partition coefficient (Wildman–Crippen LogP) is 4.77. The Balaban J connectivity index is 1.42. The van der Waals surface area contributed by atoms with Crippen LogP contribution in [0.15, 0.2) is 78.3 Å². The van der Waals surface area contributed by atoms with Crippen LogP contribution in [0.1, 0.15) is 10.4 Å². The molecule has 134 valence electrons. The highest BCUT2D eigenvalue weighted by molar-refractivity contribution is 7.17. The SMILES string of the molecule is O=C(NCCOc1ccccc1)c1ccnc(-c2csc3ccccc23)c1. The predicted molar refractivity (Wildman–Crippen MR) is 109 cm³/mol.